The Labute approximate surface area is 370 Å². The van der Waals surface area contributed by atoms with E-state index in [-0.39, 0.29) is 0 Å². The van der Waals surface area contributed by atoms with Gasteiger partial charge in [-0.15, -0.1) is 0 Å². The van der Waals surface area contributed by atoms with Crippen molar-refractivity contribution in [2.75, 3.05) is 0 Å². The van der Waals surface area contributed by atoms with Crippen LogP contribution in [0.2, 0.25) is 0 Å². The molecule has 0 saturated heterocycles. The number of para-hydroxylation sites is 4. The van der Waals surface area contributed by atoms with Gasteiger partial charge in [0.15, 0.2) is 8.07 Å². The summed E-state index contributed by atoms with van der Waals surface area (Å²) < 4.78 is 7.46. The molecule has 0 atom stereocenters. The summed E-state index contributed by atoms with van der Waals surface area (Å²) in [5, 5.41) is 13.2. The molecular weight excluding hydrogens is 791 g/mol. The number of hydrogen-bond donors (Lipinski definition) is 0. The van der Waals surface area contributed by atoms with Gasteiger partial charge in [-0.3, -0.25) is 0 Å². The van der Waals surface area contributed by atoms with E-state index in [1.165, 1.54) is 97.3 Å². The molecule has 0 N–H and O–H groups in total. The van der Waals surface area contributed by atoms with Crippen molar-refractivity contribution in [3.05, 3.63) is 237 Å². The standard InChI is InChI=1S/C60H39N3Si/c1-4-18-40(19-5-1)62-55-36-32-42(61-53-28-14-10-24-45(53)46-25-11-15-29-54(46)61)38-51(55)49-34-35-50-52-39-44(33-37-56(52)63(60(50)59(49)62)41-20-6-2-7-21-41)64(43-22-8-3-9-23-43)57-30-16-12-26-47(57)48-27-13-17-31-58(48)64/h1-39H. The minimum atomic E-state index is -2.73. The Balaban J connectivity index is 1.12. The summed E-state index contributed by atoms with van der Waals surface area (Å²) in [6.45, 7) is 0. The highest BCUT2D eigenvalue weighted by molar-refractivity contribution is 7.22. The van der Waals surface area contributed by atoms with Gasteiger partial charge in [-0.25, -0.2) is 0 Å². The third-order valence-electron chi connectivity index (χ3n) is 14.1. The van der Waals surface area contributed by atoms with E-state index in [1.54, 1.807) is 0 Å². The first-order valence-electron chi connectivity index (χ1n) is 22.2. The second kappa shape index (κ2) is 13.4. The molecule has 1 aliphatic rings. The molecule has 4 heteroatoms. The minimum absolute atomic E-state index is 1.14. The van der Waals surface area contributed by atoms with Gasteiger partial charge in [0.1, 0.15) is 0 Å². The molecule has 0 spiro atoms. The van der Waals surface area contributed by atoms with E-state index < -0.39 is 8.07 Å². The Hall–Kier alpha value is -8.18. The monoisotopic (exact) mass is 829 g/mol. The van der Waals surface area contributed by atoms with E-state index in [2.05, 4.69) is 250 Å². The highest BCUT2D eigenvalue weighted by Crippen LogP contribution is 2.43. The average molecular weight is 830 g/mol. The van der Waals surface area contributed by atoms with E-state index in [0.29, 0.717) is 0 Å². The first-order valence-corrected chi connectivity index (χ1v) is 24.2. The molecule has 0 aliphatic carbocycles. The molecule has 14 rings (SSSR count). The number of hydrogen-bond acceptors (Lipinski definition) is 0. The zero-order valence-electron chi connectivity index (χ0n) is 34.9. The summed E-state index contributed by atoms with van der Waals surface area (Å²) in [4.78, 5) is 0. The van der Waals surface area contributed by atoms with Crippen molar-refractivity contribution in [2.45, 2.75) is 0 Å². The van der Waals surface area contributed by atoms with Crippen molar-refractivity contribution in [3.8, 4) is 28.2 Å². The van der Waals surface area contributed by atoms with Gasteiger partial charge < -0.3 is 13.7 Å². The summed E-state index contributed by atoms with van der Waals surface area (Å²) in [5.74, 6) is 0. The van der Waals surface area contributed by atoms with E-state index in [9.17, 15) is 0 Å². The second-order valence-electron chi connectivity index (χ2n) is 17.2. The van der Waals surface area contributed by atoms with E-state index in [4.69, 9.17) is 0 Å². The van der Waals surface area contributed by atoms with Crippen molar-refractivity contribution >= 4 is 94.2 Å². The molecule has 0 fully saturated rings. The molecule has 0 amide bonds. The minimum Gasteiger partial charge on any atom is -0.309 e. The third-order valence-corrected chi connectivity index (χ3v) is 19.0. The number of rotatable bonds is 5. The van der Waals surface area contributed by atoms with Crippen molar-refractivity contribution in [1.82, 2.24) is 13.7 Å². The first kappa shape index (κ1) is 35.4. The Morgan fingerprint density at radius 3 is 1.25 bits per heavy atom. The molecule has 4 heterocycles. The molecule has 3 nitrogen and oxygen atoms in total. The normalized spacial score (nSPS) is 13.1. The van der Waals surface area contributed by atoms with E-state index in [1.807, 2.05) is 0 Å². The van der Waals surface area contributed by atoms with Gasteiger partial charge in [-0.05, 0) is 92.5 Å². The number of nitrogens with zero attached hydrogens (tertiary/aromatic N) is 3. The van der Waals surface area contributed by atoms with Crippen molar-refractivity contribution in [1.29, 1.82) is 0 Å². The highest BCUT2D eigenvalue weighted by atomic mass is 28.3. The van der Waals surface area contributed by atoms with Crippen LogP contribution in [0.4, 0.5) is 0 Å². The van der Waals surface area contributed by atoms with Crippen molar-refractivity contribution in [3.63, 3.8) is 0 Å². The van der Waals surface area contributed by atoms with Crippen LogP contribution in [-0.2, 0) is 0 Å². The van der Waals surface area contributed by atoms with Gasteiger partial charge in [0.05, 0.1) is 33.1 Å². The molecule has 0 saturated carbocycles. The Kier molecular flexibility index (Phi) is 7.42. The summed E-state index contributed by atoms with van der Waals surface area (Å²) in [6.07, 6.45) is 0. The maximum Gasteiger partial charge on any atom is 0.180 e. The van der Waals surface area contributed by atoms with Crippen LogP contribution >= 0.6 is 0 Å². The van der Waals surface area contributed by atoms with Crippen LogP contribution in [0.1, 0.15) is 0 Å². The van der Waals surface area contributed by atoms with Crippen LogP contribution in [-0.4, -0.2) is 21.8 Å². The zero-order chi connectivity index (χ0) is 41.9. The summed E-state index contributed by atoms with van der Waals surface area (Å²) >= 11 is 0. The summed E-state index contributed by atoms with van der Waals surface area (Å²) in [5.41, 5.74) is 13.4. The first-order chi connectivity index (χ1) is 31.8. The number of benzene rings is 10. The topological polar surface area (TPSA) is 14.8 Å². The fraction of sp³-hybridized carbons (Fsp3) is 0. The second-order valence-corrected chi connectivity index (χ2v) is 20.9. The maximum atomic E-state index is 2.57. The molecule has 0 unspecified atom stereocenters. The molecule has 3 aromatic heterocycles. The fourth-order valence-electron chi connectivity index (χ4n) is 11.6. The van der Waals surface area contributed by atoms with Crippen LogP contribution in [0, 0.1) is 0 Å². The number of fused-ring (bicyclic) bond motifs is 13. The lowest BCUT2D eigenvalue weighted by Gasteiger charge is -2.31. The molecule has 64 heavy (non-hydrogen) atoms. The molecular formula is C60H39N3Si. The van der Waals surface area contributed by atoms with E-state index in [0.717, 1.165) is 17.1 Å². The molecule has 1 aliphatic heterocycles. The lowest BCUT2D eigenvalue weighted by molar-refractivity contribution is 1.15. The quantitative estimate of drug-likeness (QED) is 0.154. The molecule has 10 aromatic carbocycles. The van der Waals surface area contributed by atoms with Gasteiger partial charge in [0.25, 0.3) is 0 Å². The van der Waals surface area contributed by atoms with Crippen LogP contribution in [0.15, 0.2) is 237 Å². The Bertz CT molecular complexity index is 3910. The van der Waals surface area contributed by atoms with Crippen LogP contribution in [0.5, 0.6) is 0 Å². The molecule has 298 valence electrons. The highest BCUT2D eigenvalue weighted by Gasteiger charge is 2.48. The zero-order valence-corrected chi connectivity index (χ0v) is 35.9. The fourth-order valence-corrected chi connectivity index (χ4v) is 16.8. The molecule has 0 bridgehead atoms. The van der Waals surface area contributed by atoms with Gasteiger partial charge in [0, 0.05) is 49.4 Å². The van der Waals surface area contributed by atoms with E-state index >= 15 is 0 Å². The SMILES string of the molecule is c1ccc(-n2c3ccc(-n4c5ccccc5c5ccccc54)cc3c3ccc4c5cc([Si]6(c7ccccc7)c7ccccc7-c7ccccc76)ccc5n(-c5ccccc5)c4c32)cc1. The van der Waals surface area contributed by atoms with Gasteiger partial charge >= 0.3 is 0 Å². The van der Waals surface area contributed by atoms with Gasteiger partial charge in [-0.2, -0.15) is 0 Å². The van der Waals surface area contributed by atoms with Gasteiger partial charge in [-0.1, -0.05) is 176 Å². The van der Waals surface area contributed by atoms with Crippen LogP contribution < -0.4 is 20.7 Å². The summed E-state index contributed by atoms with van der Waals surface area (Å²) in [6, 6.07) is 88.4. The largest absolute Gasteiger partial charge is 0.309 e. The maximum absolute atomic E-state index is 2.73. The predicted octanol–water partition coefficient (Wildman–Crippen LogP) is 12.3. The van der Waals surface area contributed by atoms with Gasteiger partial charge in [0.2, 0.25) is 0 Å². The third kappa shape index (κ3) is 4.70. The predicted molar refractivity (Wildman–Crippen MR) is 272 cm³/mol. The smallest absolute Gasteiger partial charge is 0.180 e. The molecule has 13 aromatic rings. The molecule has 0 radical (unpaired) electrons. The Morgan fingerprint density at radius 2 is 0.688 bits per heavy atom. The van der Waals surface area contributed by atoms with Crippen LogP contribution in [0.25, 0.3) is 93.6 Å². The lowest BCUT2D eigenvalue weighted by Crippen LogP contribution is -2.72. The van der Waals surface area contributed by atoms with Crippen molar-refractivity contribution < 1.29 is 0 Å². The Morgan fingerprint density at radius 1 is 0.250 bits per heavy atom. The van der Waals surface area contributed by atoms with Crippen molar-refractivity contribution in [2.24, 2.45) is 0 Å². The average Bonchev–Trinajstić information content (AvgIpc) is 4.08. The number of aromatic nitrogens is 3. The summed E-state index contributed by atoms with van der Waals surface area (Å²) in [7, 11) is -2.73. The van der Waals surface area contributed by atoms with Crippen LogP contribution in [0.3, 0.4) is 0 Å². The lowest BCUT2D eigenvalue weighted by atomic mass is 10.1.